The minimum atomic E-state index is -0.118. The smallest absolute Gasteiger partial charge is 0.224 e. The number of methoxy groups -OCH3 is 3. The molecule has 0 fully saturated rings. The number of carbonyl (C=O) groups excluding carboxylic acids is 1. The maximum atomic E-state index is 12.2. The Kier molecular flexibility index (Phi) is 7.88. The summed E-state index contributed by atoms with van der Waals surface area (Å²) in [5.41, 5.74) is 8.12. The van der Waals surface area contributed by atoms with E-state index in [2.05, 4.69) is 5.32 Å². The highest BCUT2D eigenvalue weighted by atomic mass is 35.5. The molecule has 7 heteroatoms. The number of para-hydroxylation sites is 1. The van der Waals surface area contributed by atoms with Gasteiger partial charge in [-0.1, -0.05) is 18.2 Å². The van der Waals surface area contributed by atoms with Crippen molar-refractivity contribution < 1.29 is 19.0 Å². The molecule has 2 aromatic carbocycles. The van der Waals surface area contributed by atoms with Gasteiger partial charge in [-0.25, -0.2) is 0 Å². The van der Waals surface area contributed by atoms with Gasteiger partial charge in [0.15, 0.2) is 11.5 Å². The van der Waals surface area contributed by atoms with Crippen LogP contribution in [-0.4, -0.2) is 27.2 Å². The van der Waals surface area contributed by atoms with Crippen LogP contribution in [0.3, 0.4) is 0 Å². The van der Waals surface area contributed by atoms with Gasteiger partial charge in [0, 0.05) is 29.9 Å². The maximum Gasteiger partial charge on any atom is 0.224 e. The van der Waals surface area contributed by atoms with E-state index in [4.69, 9.17) is 19.9 Å². The van der Waals surface area contributed by atoms with Crippen molar-refractivity contribution in [1.29, 1.82) is 0 Å². The molecule has 3 N–H and O–H groups in total. The summed E-state index contributed by atoms with van der Waals surface area (Å²) in [6.45, 7) is 0. The van der Waals surface area contributed by atoms with E-state index in [1.54, 1.807) is 12.1 Å². The number of ether oxygens (including phenoxy) is 3. The van der Waals surface area contributed by atoms with Crippen molar-refractivity contribution in [3.05, 3.63) is 42.0 Å². The van der Waals surface area contributed by atoms with E-state index in [0.717, 1.165) is 5.56 Å². The molecule has 0 radical (unpaired) electrons. The van der Waals surface area contributed by atoms with Crippen molar-refractivity contribution in [2.45, 2.75) is 12.8 Å². The monoisotopic (exact) mass is 366 g/mol. The number of benzene rings is 2. The number of nitrogens with two attached hydrogens (primary N) is 1. The van der Waals surface area contributed by atoms with Gasteiger partial charge in [0.1, 0.15) is 0 Å². The zero-order valence-electron chi connectivity index (χ0n) is 14.5. The zero-order chi connectivity index (χ0) is 17.5. The fourth-order valence-corrected chi connectivity index (χ4v) is 2.39. The first-order valence-corrected chi connectivity index (χ1v) is 7.52. The van der Waals surface area contributed by atoms with E-state index in [1.165, 1.54) is 21.3 Å². The topological polar surface area (TPSA) is 82.8 Å². The molecular formula is C18H23ClN2O4. The summed E-state index contributed by atoms with van der Waals surface area (Å²) in [7, 11) is 4.59. The van der Waals surface area contributed by atoms with Crippen molar-refractivity contribution >= 4 is 29.7 Å². The Labute approximate surface area is 153 Å². The van der Waals surface area contributed by atoms with Gasteiger partial charge in [0.2, 0.25) is 11.7 Å². The lowest BCUT2D eigenvalue weighted by molar-refractivity contribution is -0.116. The van der Waals surface area contributed by atoms with Crippen LogP contribution in [0, 0.1) is 0 Å². The molecule has 2 rings (SSSR count). The Morgan fingerprint density at radius 1 is 1.04 bits per heavy atom. The number of rotatable bonds is 7. The Morgan fingerprint density at radius 2 is 1.64 bits per heavy atom. The lowest BCUT2D eigenvalue weighted by Crippen LogP contribution is -2.13. The summed E-state index contributed by atoms with van der Waals surface area (Å²) in [5, 5.41) is 2.84. The fraction of sp³-hybridized carbons (Fsp3) is 0.278. The minimum absolute atomic E-state index is 0. The largest absolute Gasteiger partial charge is 0.493 e. The molecule has 6 nitrogen and oxygen atoms in total. The lowest BCUT2D eigenvalue weighted by Gasteiger charge is -2.14. The molecule has 0 bridgehead atoms. The summed E-state index contributed by atoms with van der Waals surface area (Å²) in [4.78, 5) is 12.2. The zero-order valence-corrected chi connectivity index (χ0v) is 15.3. The molecule has 136 valence electrons. The van der Waals surface area contributed by atoms with Crippen molar-refractivity contribution in [1.82, 2.24) is 0 Å². The molecule has 0 saturated heterocycles. The molecule has 0 spiro atoms. The predicted molar refractivity (Wildman–Crippen MR) is 101 cm³/mol. The van der Waals surface area contributed by atoms with Crippen LogP contribution in [0.1, 0.15) is 12.0 Å². The van der Waals surface area contributed by atoms with Crippen LogP contribution < -0.4 is 25.3 Å². The SMILES string of the molecule is COc1cc(NC(=O)CCc2ccccc2N)cc(OC)c1OC.Cl. The Bertz CT molecular complexity index is 697. The quantitative estimate of drug-likeness (QED) is 0.735. The third-order valence-electron chi connectivity index (χ3n) is 3.62. The molecule has 0 aliphatic rings. The maximum absolute atomic E-state index is 12.2. The van der Waals surface area contributed by atoms with E-state index in [1.807, 2.05) is 24.3 Å². The number of halogens is 1. The second-order valence-electron chi connectivity index (χ2n) is 5.16. The lowest BCUT2D eigenvalue weighted by atomic mass is 10.1. The first-order valence-electron chi connectivity index (χ1n) is 7.52. The Hall–Kier alpha value is -2.60. The van der Waals surface area contributed by atoms with Gasteiger partial charge in [0.05, 0.1) is 21.3 Å². The third kappa shape index (κ3) is 5.19. The van der Waals surface area contributed by atoms with Crippen molar-refractivity contribution in [2.24, 2.45) is 0 Å². The number of carbonyl (C=O) groups is 1. The number of aryl methyl sites for hydroxylation is 1. The van der Waals surface area contributed by atoms with Crippen molar-refractivity contribution in [3.8, 4) is 17.2 Å². The van der Waals surface area contributed by atoms with E-state index in [-0.39, 0.29) is 18.3 Å². The molecule has 0 saturated carbocycles. The molecule has 0 aliphatic heterocycles. The summed E-state index contributed by atoms with van der Waals surface area (Å²) in [6, 6.07) is 10.9. The highest BCUT2D eigenvalue weighted by Gasteiger charge is 2.14. The van der Waals surface area contributed by atoms with Gasteiger partial charge in [-0.05, 0) is 18.1 Å². The standard InChI is InChI=1S/C18H22N2O4.ClH/c1-22-15-10-13(11-16(23-2)18(15)24-3)20-17(21)9-8-12-6-4-5-7-14(12)19;/h4-7,10-11H,8-9,19H2,1-3H3,(H,20,21);1H. The molecule has 25 heavy (non-hydrogen) atoms. The van der Waals surface area contributed by atoms with Gasteiger partial charge in [-0.3, -0.25) is 4.79 Å². The van der Waals surface area contributed by atoms with Gasteiger partial charge in [-0.2, -0.15) is 0 Å². The Balaban J connectivity index is 0.00000312. The first-order chi connectivity index (χ1) is 11.6. The van der Waals surface area contributed by atoms with Crippen LogP contribution in [0.2, 0.25) is 0 Å². The van der Waals surface area contributed by atoms with Crippen LogP contribution in [0.4, 0.5) is 11.4 Å². The van der Waals surface area contributed by atoms with Gasteiger partial charge < -0.3 is 25.3 Å². The summed E-state index contributed by atoms with van der Waals surface area (Å²) >= 11 is 0. The number of nitrogens with one attached hydrogen (secondary N) is 1. The van der Waals surface area contributed by atoms with E-state index >= 15 is 0 Å². The average molecular weight is 367 g/mol. The third-order valence-corrected chi connectivity index (χ3v) is 3.62. The highest BCUT2D eigenvalue weighted by Crippen LogP contribution is 2.39. The summed E-state index contributed by atoms with van der Waals surface area (Å²) < 4.78 is 15.8. The molecule has 0 atom stereocenters. The molecule has 0 heterocycles. The van der Waals surface area contributed by atoms with Crippen LogP contribution in [-0.2, 0) is 11.2 Å². The van der Waals surface area contributed by atoms with Crippen molar-refractivity contribution in [3.63, 3.8) is 0 Å². The van der Waals surface area contributed by atoms with Gasteiger partial charge >= 0.3 is 0 Å². The number of nitrogen functional groups attached to an aromatic ring is 1. The molecule has 0 unspecified atom stereocenters. The van der Waals surface area contributed by atoms with E-state index < -0.39 is 0 Å². The first kappa shape index (κ1) is 20.4. The molecular weight excluding hydrogens is 344 g/mol. The summed E-state index contributed by atoms with van der Waals surface area (Å²) in [6.07, 6.45) is 0.897. The van der Waals surface area contributed by atoms with Crippen LogP contribution in [0.25, 0.3) is 0 Å². The van der Waals surface area contributed by atoms with Crippen LogP contribution >= 0.6 is 12.4 Å². The minimum Gasteiger partial charge on any atom is -0.493 e. The molecule has 1 amide bonds. The molecule has 0 aromatic heterocycles. The predicted octanol–water partition coefficient (Wildman–Crippen LogP) is 3.29. The number of hydrogen-bond acceptors (Lipinski definition) is 5. The average Bonchev–Trinajstić information content (AvgIpc) is 2.60. The second-order valence-corrected chi connectivity index (χ2v) is 5.16. The normalized spacial score (nSPS) is 9.72. The number of hydrogen-bond donors (Lipinski definition) is 2. The fourth-order valence-electron chi connectivity index (χ4n) is 2.39. The van der Waals surface area contributed by atoms with Gasteiger partial charge in [0.25, 0.3) is 0 Å². The number of amides is 1. The van der Waals surface area contributed by atoms with Crippen LogP contribution in [0.5, 0.6) is 17.2 Å². The van der Waals surface area contributed by atoms with Crippen LogP contribution in [0.15, 0.2) is 36.4 Å². The molecule has 0 aliphatic carbocycles. The summed E-state index contributed by atoms with van der Waals surface area (Å²) in [5.74, 6) is 1.33. The number of anilines is 2. The van der Waals surface area contributed by atoms with E-state index in [9.17, 15) is 4.79 Å². The second kappa shape index (κ2) is 9.64. The Morgan fingerprint density at radius 3 is 2.16 bits per heavy atom. The molecule has 2 aromatic rings. The van der Waals surface area contributed by atoms with Crippen molar-refractivity contribution in [2.75, 3.05) is 32.4 Å². The van der Waals surface area contributed by atoms with Gasteiger partial charge in [-0.15, -0.1) is 12.4 Å². The highest BCUT2D eigenvalue weighted by molar-refractivity contribution is 5.91. The van der Waals surface area contributed by atoms with E-state index in [0.29, 0.717) is 41.5 Å².